The maximum absolute atomic E-state index is 5.90. The molecule has 0 radical (unpaired) electrons. The summed E-state index contributed by atoms with van der Waals surface area (Å²) in [5, 5.41) is 4.47. The maximum atomic E-state index is 5.90. The topological polar surface area (TPSA) is 12.0 Å². The Labute approximate surface area is 110 Å². The lowest BCUT2D eigenvalue weighted by molar-refractivity contribution is 0.397. The van der Waals surface area contributed by atoms with E-state index in [9.17, 15) is 0 Å². The Morgan fingerprint density at radius 3 is 2.47 bits per heavy atom. The minimum Gasteiger partial charge on any atom is -0.310 e. The summed E-state index contributed by atoms with van der Waals surface area (Å²) in [7, 11) is 0. The van der Waals surface area contributed by atoms with Crippen molar-refractivity contribution in [3.8, 4) is 0 Å². The molecule has 1 saturated carbocycles. The lowest BCUT2D eigenvalue weighted by Gasteiger charge is -2.20. The molecule has 0 aliphatic heterocycles. The molecule has 1 N–H and O–H groups in total. The number of halogens is 1. The van der Waals surface area contributed by atoms with Gasteiger partial charge in [-0.25, -0.2) is 0 Å². The molecule has 0 bridgehead atoms. The van der Waals surface area contributed by atoms with Crippen LogP contribution in [0.5, 0.6) is 0 Å². The Balaban J connectivity index is 1.85. The van der Waals surface area contributed by atoms with E-state index in [2.05, 4.69) is 31.3 Å². The zero-order valence-electron chi connectivity index (χ0n) is 10.8. The zero-order chi connectivity index (χ0) is 12.3. The smallest absolute Gasteiger partial charge is 0.0406 e. The first kappa shape index (κ1) is 12.9. The van der Waals surface area contributed by atoms with Gasteiger partial charge in [-0.3, -0.25) is 0 Å². The van der Waals surface area contributed by atoms with Crippen molar-refractivity contribution in [2.75, 3.05) is 6.54 Å². The molecule has 1 aliphatic rings. The third-order valence-corrected chi connectivity index (χ3v) is 4.14. The highest BCUT2D eigenvalue weighted by Crippen LogP contribution is 2.49. The summed E-state index contributed by atoms with van der Waals surface area (Å²) in [4.78, 5) is 0. The van der Waals surface area contributed by atoms with Gasteiger partial charge in [0, 0.05) is 17.6 Å². The van der Waals surface area contributed by atoms with Crippen LogP contribution in [-0.4, -0.2) is 6.54 Å². The number of hydrogen-bond acceptors (Lipinski definition) is 1. The second-order valence-corrected chi connectivity index (χ2v) is 5.84. The Morgan fingerprint density at radius 1 is 1.29 bits per heavy atom. The average molecular weight is 252 g/mol. The van der Waals surface area contributed by atoms with E-state index >= 15 is 0 Å². The molecule has 17 heavy (non-hydrogen) atoms. The normalized spacial score (nSPS) is 19.0. The molecule has 2 heteroatoms. The third kappa shape index (κ3) is 3.46. The van der Waals surface area contributed by atoms with Crippen LogP contribution in [0.25, 0.3) is 0 Å². The largest absolute Gasteiger partial charge is 0.310 e. The maximum Gasteiger partial charge on any atom is 0.0406 e. The first-order valence-electron chi connectivity index (χ1n) is 6.64. The molecule has 1 fully saturated rings. The number of nitrogens with one attached hydrogen (secondary N) is 1. The highest BCUT2D eigenvalue weighted by Gasteiger charge is 2.41. The van der Waals surface area contributed by atoms with Crippen molar-refractivity contribution in [2.45, 2.75) is 45.6 Å². The van der Waals surface area contributed by atoms with Crippen molar-refractivity contribution in [3.05, 3.63) is 34.9 Å². The predicted octanol–water partition coefficient (Wildman–Crippen LogP) is 4.57. The summed E-state index contributed by atoms with van der Waals surface area (Å²) in [5.41, 5.74) is 1.94. The molecule has 1 aromatic rings. The van der Waals surface area contributed by atoms with Gasteiger partial charge in [0.2, 0.25) is 0 Å². The van der Waals surface area contributed by atoms with Crippen LogP contribution < -0.4 is 5.32 Å². The van der Waals surface area contributed by atoms with Crippen LogP contribution in [0.1, 0.15) is 51.1 Å². The molecule has 0 heterocycles. The van der Waals surface area contributed by atoms with Crippen LogP contribution >= 0.6 is 11.6 Å². The summed E-state index contributed by atoms with van der Waals surface area (Å²) in [6.45, 7) is 5.67. The highest BCUT2D eigenvalue weighted by molar-refractivity contribution is 6.30. The summed E-state index contributed by atoms with van der Waals surface area (Å²) in [6.07, 6.45) is 5.48. The van der Waals surface area contributed by atoms with Crippen molar-refractivity contribution >= 4 is 11.6 Å². The van der Waals surface area contributed by atoms with Gasteiger partial charge in [0.25, 0.3) is 0 Å². The van der Waals surface area contributed by atoms with Crippen LogP contribution in [0.4, 0.5) is 0 Å². The molecule has 2 rings (SSSR count). The van der Waals surface area contributed by atoms with Gasteiger partial charge in [0.15, 0.2) is 0 Å². The number of benzene rings is 1. The first-order valence-corrected chi connectivity index (χ1v) is 7.02. The molecule has 0 spiro atoms. The van der Waals surface area contributed by atoms with Crippen molar-refractivity contribution in [2.24, 2.45) is 5.41 Å². The molecule has 1 aromatic carbocycles. The monoisotopic (exact) mass is 251 g/mol. The van der Waals surface area contributed by atoms with Gasteiger partial charge in [-0.2, -0.15) is 0 Å². The van der Waals surface area contributed by atoms with Gasteiger partial charge in [-0.15, -0.1) is 0 Å². The van der Waals surface area contributed by atoms with Crippen LogP contribution in [0.3, 0.4) is 0 Å². The lowest BCUT2D eigenvalue weighted by atomic mass is 9.99. The summed E-state index contributed by atoms with van der Waals surface area (Å²) >= 11 is 5.90. The molecule has 1 atom stereocenters. The Kier molecular flexibility index (Phi) is 4.11. The molecule has 0 saturated heterocycles. The SMILES string of the molecule is CCCC1(CNC(C)c2ccc(Cl)cc2)CC1. The second kappa shape index (κ2) is 5.41. The quantitative estimate of drug-likeness (QED) is 0.781. The van der Waals surface area contributed by atoms with Gasteiger partial charge in [0.1, 0.15) is 0 Å². The van der Waals surface area contributed by atoms with Gasteiger partial charge in [0.05, 0.1) is 0 Å². The van der Waals surface area contributed by atoms with Crippen molar-refractivity contribution < 1.29 is 0 Å². The standard InChI is InChI=1S/C15H22ClN/c1-3-8-15(9-10-15)11-17-12(2)13-4-6-14(16)7-5-13/h4-7,12,17H,3,8-11H2,1-2H3. The molecular formula is C15H22ClN. The van der Waals surface area contributed by atoms with E-state index in [0.29, 0.717) is 11.5 Å². The molecular weight excluding hydrogens is 230 g/mol. The van der Waals surface area contributed by atoms with Crippen molar-refractivity contribution in [1.29, 1.82) is 0 Å². The van der Waals surface area contributed by atoms with Gasteiger partial charge in [-0.05, 0) is 49.3 Å². The van der Waals surface area contributed by atoms with Gasteiger partial charge >= 0.3 is 0 Å². The van der Waals surface area contributed by atoms with Crippen LogP contribution in [0.15, 0.2) is 24.3 Å². The second-order valence-electron chi connectivity index (χ2n) is 5.40. The first-order chi connectivity index (χ1) is 8.15. The van der Waals surface area contributed by atoms with E-state index in [4.69, 9.17) is 11.6 Å². The number of rotatable bonds is 6. The van der Waals surface area contributed by atoms with Crippen molar-refractivity contribution in [3.63, 3.8) is 0 Å². The molecule has 1 unspecified atom stereocenters. The van der Waals surface area contributed by atoms with Crippen LogP contribution in [-0.2, 0) is 0 Å². The molecule has 94 valence electrons. The average Bonchev–Trinajstić information content (AvgIpc) is 3.08. The minimum absolute atomic E-state index is 0.418. The summed E-state index contributed by atoms with van der Waals surface area (Å²) in [5.74, 6) is 0. The van der Waals surface area contributed by atoms with E-state index in [1.54, 1.807) is 0 Å². The van der Waals surface area contributed by atoms with E-state index in [0.717, 1.165) is 11.6 Å². The Morgan fingerprint density at radius 2 is 1.94 bits per heavy atom. The Hall–Kier alpha value is -0.530. The fraction of sp³-hybridized carbons (Fsp3) is 0.600. The van der Waals surface area contributed by atoms with E-state index in [1.807, 2.05) is 12.1 Å². The molecule has 1 nitrogen and oxygen atoms in total. The lowest BCUT2D eigenvalue weighted by Crippen LogP contribution is -2.26. The fourth-order valence-electron chi connectivity index (χ4n) is 2.46. The van der Waals surface area contributed by atoms with E-state index in [-0.39, 0.29) is 0 Å². The van der Waals surface area contributed by atoms with E-state index < -0.39 is 0 Å². The van der Waals surface area contributed by atoms with Crippen LogP contribution in [0, 0.1) is 5.41 Å². The molecule has 1 aliphatic carbocycles. The predicted molar refractivity (Wildman–Crippen MR) is 74.4 cm³/mol. The van der Waals surface area contributed by atoms with Gasteiger partial charge < -0.3 is 5.32 Å². The zero-order valence-corrected chi connectivity index (χ0v) is 11.6. The van der Waals surface area contributed by atoms with E-state index in [1.165, 1.54) is 31.2 Å². The number of hydrogen-bond donors (Lipinski definition) is 1. The Bertz CT molecular complexity index is 354. The summed E-state index contributed by atoms with van der Waals surface area (Å²) < 4.78 is 0. The fourth-order valence-corrected chi connectivity index (χ4v) is 2.59. The summed E-state index contributed by atoms with van der Waals surface area (Å²) in [6, 6.07) is 8.57. The molecule has 0 aromatic heterocycles. The third-order valence-electron chi connectivity index (χ3n) is 3.89. The minimum atomic E-state index is 0.418. The molecule has 0 amide bonds. The van der Waals surface area contributed by atoms with Crippen molar-refractivity contribution in [1.82, 2.24) is 5.32 Å². The highest BCUT2D eigenvalue weighted by atomic mass is 35.5. The van der Waals surface area contributed by atoms with Crippen LogP contribution in [0.2, 0.25) is 5.02 Å². The van der Waals surface area contributed by atoms with Gasteiger partial charge in [-0.1, -0.05) is 37.1 Å².